The van der Waals surface area contributed by atoms with Gasteiger partial charge in [-0.05, 0) is 37.3 Å². The Bertz CT molecular complexity index is 985. The molecule has 0 aliphatic carbocycles. The van der Waals surface area contributed by atoms with Crippen molar-refractivity contribution in [1.29, 1.82) is 0 Å². The summed E-state index contributed by atoms with van der Waals surface area (Å²) in [5.41, 5.74) is 2.26. The van der Waals surface area contributed by atoms with Crippen molar-refractivity contribution in [2.45, 2.75) is 13.0 Å². The van der Waals surface area contributed by atoms with E-state index < -0.39 is 18.0 Å². The molecule has 1 atom stereocenters. The molecule has 1 N–H and O–H groups in total. The van der Waals surface area contributed by atoms with Crippen LogP contribution in [-0.2, 0) is 9.53 Å². The van der Waals surface area contributed by atoms with Gasteiger partial charge in [-0.15, -0.1) is 0 Å². The lowest BCUT2D eigenvalue weighted by Gasteiger charge is -2.18. The molecule has 0 spiro atoms. The molecule has 4 nitrogen and oxygen atoms in total. The number of carbonyl (C=O) groups excluding carboxylic acids is 2. The second-order valence-corrected chi connectivity index (χ2v) is 7.09. The van der Waals surface area contributed by atoms with Gasteiger partial charge in [-0.2, -0.15) is 0 Å². The van der Waals surface area contributed by atoms with E-state index >= 15 is 0 Å². The first-order chi connectivity index (χ1) is 13.4. The minimum atomic E-state index is -1.13. The number of hydrogen-bond acceptors (Lipinski definition) is 3. The number of nitrogens with one attached hydrogen (secondary N) is 1. The first-order valence-corrected chi connectivity index (χ1v) is 9.27. The molecule has 0 aliphatic rings. The van der Waals surface area contributed by atoms with Gasteiger partial charge >= 0.3 is 5.97 Å². The summed E-state index contributed by atoms with van der Waals surface area (Å²) in [4.78, 5) is 25.5. The Hall–Kier alpha value is -2.82. The highest BCUT2D eigenvalue weighted by molar-refractivity contribution is 6.35. The van der Waals surface area contributed by atoms with Crippen LogP contribution in [0.1, 0.15) is 27.6 Å². The summed E-state index contributed by atoms with van der Waals surface area (Å²) in [6.45, 7) is 1.88. The van der Waals surface area contributed by atoms with Crippen LogP contribution in [0.5, 0.6) is 0 Å². The molecule has 0 fully saturated rings. The minimum absolute atomic E-state index is 0.375. The zero-order chi connectivity index (χ0) is 20.1. The molecule has 3 rings (SSSR count). The first-order valence-electron chi connectivity index (χ1n) is 8.52. The van der Waals surface area contributed by atoms with Crippen molar-refractivity contribution in [3.63, 3.8) is 0 Å². The van der Waals surface area contributed by atoms with E-state index in [1.54, 1.807) is 60.7 Å². The van der Waals surface area contributed by atoms with Gasteiger partial charge in [0.1, 0.15) is 0 Å². The van der Waals surface area contributed by atoms with Crippen LogP contribution >= 0.6 is 23.2 Å². The number of esters is 1. The quantitative estimate of drug-likeness (QED) is 0.534. The van der Waals surface area contributed by atoms with Crippen molar-refractivity contribution in [2.24, 2.45) is 0 Å². The molecule has 3 aromatic rings. The zero-order valence-electron chi connectivity index (χ0n) is 15.0. The lowest BCUT2D eigenvalue weighted by Crippen LogP contribution is -2.26. The van der Waals surface area contributed by atoms with Gasteiger partial charge in [0.15, 0.2) is 0 Å². The Morgan fingerprint density at radius 1 is 0.893 bits per heavy atom. The molecule has 0 heterocycles. The normalized spacial score (nSPS) is 11.5. The van der Waals surface area contributed by atoms with Gasteiger partial charge in [0, 0.05) is 21.3 Å². The van der Waals surface area contributed by atoms with Gasteiger partial charge in [0.05, 0.1) is 5.56 Å². The maximum atomic E-state index is 12.9. The van der Waals surface area contributed by atoms with E-state index in [1.807, 2.05) is 19.1 Å². The molecule has 0 unspecified atom stereocenters. The number of rotatable bonds is 5. The molecule has 6 heteroatoms. The first kappa shape index (κ1) is 19.9. The topological polar surface area (TPSA) is 55.4 Å². The molecule has 0 bridgehead atoms. The summed E-state index contributed by atoms with van der Waals surface area (Å²) in [5.74, 6) is -1.10. The van der Waals surface area contributed by atoms with Crippen LogP contribution < -0.4 is 5.32 Å². The maximum absolute atomic E-state index is 12.9. The monoisotopic (exact) mass is 413 g/mol. The van der Waals surface area contributed by atoms with Gasteiger partial charge < -0.3 is 10.1 Å². The van der Waals surface area contributed by atoms with Crippen molar-refractivity contribution in [1.82, 2.24) is 0 Å². The molecule has 0 aliphatic heterocycles. The highest BCUT2D eigenvalue weighted by atomic mass is 35.5. The minimum Gasteiger partial charge on any atom is -0.444 e. The number of aryl methyl sites for hydroxylation is 1. The van der Waals surface area contributed by atoms with Crippen LogP contribution in [0.4, 0.5) is 5.69 Å². The second-order valence-electron chi connectivity index (χ2n) is 6.21. The summed E-state index contributed by atoms with van der Waals surface area (Å²) >= 11 is 12.0. The Labute approximate surface area is 173 Å². The van der Waals surface area contributed by atoms with E-state index in [1.165, 1.54) is 0 Å². The molecular weight excluding hydrogens is 397 g/mol. The second kappa shape index (κ2) is 8.91. The third-order valence-corrected chi connectivity index (χ3v) is 4.39. The van der Waals surface area contributed by atoms with Gasteiger partial charge in [-0.25, -0.2) is 4.79 Å². The van der Waals surface area contributed by atoms with Gasteiger partial charge in [0.25, 0.3) is 5.91 Å². The molecule has 3 aromatic carbocycles. The van der Waals surface area contributed by atoms with Crippen LogP contribution in [0.25, 0.3) is 0 Å². The van der Waals surface area contributed by atoms with Crippen molar-refractivity contribution >= 4 is 40.8 Å². The van der Waals surface area contributed by atoms with Gasteiger partial charge in [-0.1, -0.05) is 71.2 Å². The fraction of sp³-hybridized carbons (Fsp3) is 0.0909. The SMILES string of the molecule is Cc1cccc(C(=O)O[C@@H](C(=O)Nc2cc(Cl)cc(Cl)c2)c2ccccc2)c1. The Morgan fingerprint density at radius 2 is 1.57 bits per heavy atom. The third kappa shape index (κ3) is 5.12. The Morgan fingerprint density at radius 3 is 2.21 bits per heavy atom. The predicted molar refractivity (Wildman–Crippen MR) is 111 cm³/mol. The molecule has 0 aromatic heterocycles. The van der Waals surface area contributed by atoms with Crippen molar-refractivity contribution in [3.8, 4) is 0 Å². The summed E-state index contributed by atoms with van der Waals surface area (Å²) < 4.78 is 5.56. The van der Waals surface area contributed by atoms with Crippen LogP contribution in [0.2, 0.25) is 10.0 Å². The number of benzene rings is 3. The lowest BCUT2D eigenvalue weighted by molar-refractivity contribution is -0.125. The molecule has 0 radical (unpaired) electrons. The molecule has 28 heavy (non-hydrogen) atoms. The van der Waals surface area contributed by atoms with E-state index in [4.69, 9.17) is 27.9 Å². The average molecular weight is 414 g/mol. The summed E-state index contributed by atoms with van der Waals surface area (Å²) in [6, 6.07) is 20.5. The van der Waals surface area contributed by atoms with Crippen molar-refractivity contribution in [3.05, 3.63) is 99.5 Å². The van der Waals surface area contributed by atoms with Crippen LogP contribution in [0, 0.1) is 6.92 Å². The van der Waals surface area contributed by atoms with Crippen molar-refractivity contribution in [2.75, 3.05) is 5.32 Å². The Balaban J connectivity index is 1.86. The van der Waals surface area contributed by atoms with Crippen LogP contribution in [0.15, 0.2) is 72.8 Å². The summed E-state index contributed by atoms with van der Waals surface area (Å²) in [7, 11) is 0. The predicted octanol–water partition coefficient (Wildman–Crippen LogP) is 5.84. The van der Waals surface area contributed by atoms with E-state index in [0.717, 1.165) is 5.56 Å². The Kier molecular flexibility index (Phi) is 6.34. The number of amides is 1. The van der Waals surface area contributed by atoms with E-state index in [-0.39, 0.29) is 0 Å². The van der Waals surface area contributed by atoms with E-state index in [9.17, 15) is 9.59 Å². The summed E-state index contributed by atoms with van der Waals surface area (Å²) in [5, 5.41) is 3.48. The molecular formula is C22H17Cl2NO3. The number of hydrogen-bond donors (Lipinski definition) is 1. The number of halogens is 2. The maximum Gasteiger partial charge on any atom is 0.339 e. The number of ether oxygens (including phenoxy) is 1. The fourth-order valence-electron chi connectivity index (χ4n) is 2.68. The molecule has 142 valence electrons. The number of anilines is 1. The molecule has 0 saturated carbocycles. The standard InChI is InChI=1S/C22H17Cl2NO3/c1-14-6-5-9-16(10-14)22(27)28-20(15-7-3-2-4-8-15)21(26)25-19-12-17(23)11-18(24)13-19/h2-13,20H,1H3,(H,25,26)/t20-/m1/s1. The van der Waals surface area contributed by atoms with Gasteiger partial charge in [0.2, 0.25) is 6.10 Å². The van der Waals surface area contributed by atoms with E-state index in [2.05, 4.69) is 5.32 Å². The zero-order valence-corrected chi connectivity index (χ0v) is 16.5. The van der Waals surface area contributed by atoms with Crippen molar-refractivity contribution < 1.29 is 14.3 Å². The van der Waals surface area contributed by atoms with Gasteiger partial charge in [-0.3, -0.25) is 4.79 Å². The number of carbonyl (C=O) groups is 2. The molecule has 1 amide bonds. The van der Waals surface area contributed by atoms with Crippen LogP contribution in [0.3, 0.4) is 0 Å². The highest BCUT2D eigenvalue weighted by Gasteiger charge is 2.26. The molecule has 0 saturated heterocycles. The fourth-order valence-corrected chi connectivity index (χ4v) is 3.21. The lowest BCUT2D eigenvalue weighted by atomic mass is 10.1. The highest BCUT2D eigenvalue weighted by Crippen LogP contribution is 2.25. The summed E-state index contributed by atoms with van der Waals surface area (Å²) in [6.07, 6.45) is -1.13. The largest absolute Gasteiger partial charge is 0.444 e. The van der Waals surface area contributed by atoms with Crippen LogP contribution in [-0.4, -0.2) is 11.9 Å². The average Bonchev–Trinajstić information content (AvgIpc) is 2.65. The van der Waals surface area contributed by atoms with E-state index in [0.29, 0.717) is 26.9 Å². The smallest absolute Gasteiger partial charge is 0.339 e. The third-order valence-electron chi connectivity index (χ3n) is 3.95.